The molecule has 1 aliphatic heterocycles. The molecule has 1 aromatic heterocycles. The van der Waals surface area contributed by atoms with Gasteiger partial charge in [0.1, 0.15) is 5.69 Å². The Bertz CT molecular complexity index is 862. The first-order valence-corrected chi connectivity index (χ1v) is 11.6. The van der Waals surface area contributed by atoms with Crippen LogP contribution in [0.15, 0.2) is 30.3 Å². The van der Waals surface area contributed by atoms with Gasteiger partial charge in [0.2, 0.25) is 0 Å². The Hall–Kier alpha value is -2.14. The van der Waals surface area contributed by atoms with Gasteiger partial charge < -0.3 is 4.90 Å². The SMILES string of the molecule is CCn1nc(CC(C)C)cc1C(=O)N(C)C1CCCN(C2Cc3ccccc3C2)C1. The monoisotopic (exact) mass is 408 g/mol. The van der Waals surface area contributed by atoms with Gasteiger partial charge >= 0.3 is 0 Å². The lowest BCUT2D eigenvalue weighted by atomic mass is 10.0. The second-order valence-electron chi connectivity index (χ2n) is 9.47. The van der Waals surface area contributed by atoms with Crippen molar-refractivity contribution >= 4 is 5.91 Å². The van der Waals surface area contributed by atoms with E-state index in [2.05, 4.69) is 55.0 Å². The third-order valence-corrected chi connectivity index (χ3v) is 6.81. The number of likely N-dealkylation sites (tertiary alicyclic amines) is 1. The van der Waals surface area contributed by atoms with E-state index in [-0.39, 0.29) is 11.9 Å². The first kappa shape index (κ1) is 21.1. The number of carbonyl (C=O) groups is 1. The fraction of sp³-hybridized carbons (Fsp3) is 0.600. The number of rotatable bonds is 6. The number of carbonyl (C=O) groups excluding carboxylic acids is 1. The van der Waals surface area contributed by atoms with Crippen molar-refractivity contribution < 1.29 is 4.79 Å². The van der Waals surface area contributed by atoms with E-state index in [1.165, 1.54) is 11.1 Å². The standard InChI is InChI=1S/C25H36N4O/c1-5-29-24(16-21(26-29)13-18(2)3)25(30)27(4)22-11-8-12-28(17-22)23-14-19-9-6-7-10-20(19)15-23/h6-7,9-10,16,18,22-23H,5,8,11-15,17H2,1-4H3. The predicted octanol–water partition coefficient (Wildman–Crippen LogP) is 3.81. The van der Waals surface area contributed by atoms with Crippen molar-refractivity contribution in [2.75, 3.05) is 20.1 Å². The Labute approximate surface area is 181 Å². The van der Waals surface area contributed by atoms with Crippen molar-refractivity contribution in [3.63, 3.8) is 0 Å². The van der Waals surface area contributed by atoms with Gasteiger partial charge in [-0.1, -0.05) is 38.1 Å². The summed E-state index contributed by atoms with van der Waals surface area (Å²) < 4.78 is 1.88. The Balaban J connectivity index is 1.44. The summed E-state index contributed by atoms with van der Waals surface area (Å²) in [4.78, 5) is 18.0. The molecule has 1 amide bonds. The first-order valence-electron chi connectivity index (χ1n) is 11.6. The quantitative estimate of drug-likeness (QED) is 0.730. The van der Waals surface area contributed by atoms with Crippen molar-refractivity contribution in [2.24, 2.45) is 5.92 Å². The van der Waals surface area contributed by atoms with E-state index in [1.807, 2.05) is 22.7 Å². The lowest BCUT2D eigenvalue weighted by Gasteiger charge is -2.40. The summed E-state index contributed by atoms with van der Waals surface area (Å²) in [6, 6.07) is 11.7. The highest BCUT2D eigenvalue weighted by Crippen LogP contribution is 2.28. The highest BCUT2D eigenvalue weighted by atomic mass is 16.2. The number of amides is 1. The highest BCUT2D eigenvalue weighted by Gasteiger charge is 2.33. The molecule has 1 unspecified atom stereocenters. The van der Waals surface area contributed by atoms with Crippen LogP contribution in [-0.2, 0) is 25.8 Å². The van der Waals surface area contributed by atoms with Crippen LogP contribution in [-0.4, -0.2) is 57.7 Å². The number of fused-ring (bicyclic) bond motifs is 1. The van der Waals surface area contributed by atoms with Gasteiger partial charge in [0.25, 0.3) is 5.91 Å². The number of likely N-dealkylation sites (N-methyl/N-ethyl adjacent to an activating group) is 1. The molecule has 2 aliphatic rings. The molecule has 0 spiro atoms. The van der Waals surface area contributed by atoms with Crippen LogP contribution in [0.2, 0.25) is 0 Å². The van der Waals surface area contributed by atoms with Gasteiger partial charge in [-0.15, -0.1) is 0 Å². The molecule has 5 heteroatoms. The smallest absolute Gasteiger partial charge is 0.272 e. The number of hydrogen-bond acceptors (Lipinski definition) is 3. The molecule has 1 aromatic carbocycles. The molecular weight excluding hydrogens is 372 g/mol. The molecule has 0 radical (unpaired) electrons. The van der Waals surface area contributed by atoms with E-state index in [0.29, 0.717) is 12.0 Å². The van der Waals surface area contributed by atoms with Gasteiger partial charge in [-0.2, -0.15) is 5.10 Å². The van der Waals surface area contributed by atoms with Crippen LogP contribution in [0.1, 0.15) is 60.9 Å². The fourth-order valence-corrected chi connectivity index (χ4v) is 5.17. The number of aryl methyl sites for hydroxylation is 1. The van der Waals surface area contributed by atoms with Crippen LogP contribution in [0.3, 0.4) is 0 Å². The van der Waals surface area contributed by atoms with Gasteiger partial charge in [0, 0.05) is 32.2 Å². The Morgan fingerprint density at radius 2 is 1.93 bits per heavy atom. The summed E-state index contributed by atoms with van der Waals surface area (Å²) in [5.41, 5.74) is 4.76. The topological polar surface area (TPSA) is 41.4 Å². The molecule has 5 nitrogen and oxygen atoms in total. The number of benzene rings is 1. The number of aromatic nitrogens is 2. The summed E-state index contributed by atoms with van der Waals surface area (Å²) in [5, 5.41) is 4.68. The normalized spacial score (nSPS) is 20.0. The van der Waals surface area contributed by atoms with Gasteiger partial charge in [0.15, 0.2) is 0 Å². The highest BCUT2D eigenvalue weighted by molar-refractivity contribution is 5.92. The average Bonchev–Trinajstić information content (AvgIpc) is 3.36. The lowest BCUT2D eigenvalue weighted by molar-refractivity contribution is 0.0545. The lowest BCUT2D eigenvalue weighted by Crippen LogP contribution is -2.52. The minimum Gasteiger partial charge on any atom is -0.336 e. The maximum Gasteiger partial charge on any atom is 0.272 e. The number of piperidine rings is 1. The summed E-state index contributed by atoms with van der Waals surface area (Å²) in [7, 11) is 1.98. The van der Waals surface area contributed by atoms with Crippen LogP contribution in [0.4, 0.5) is 0 Å². The molecule has 1 saturated heterocycles. The molecule has 30 heavy (non-hydrogen) atoms. The Morgan fingerprint density at radius 3 is 2.57 bits per heavy atom. The molecule has 162 valence electrons. The van der Waals surface area contributed by atoms with E-state index in [4.69, 9.17) is 0 Å². The van der Waals surface area contributed by atoms with E-state index in [1.54, 1.807) is 0 Å². The molecule has 1 aliphatic carbocycles. The third-order valence-electron chi connectivity index (χ3n) is 6.81. The molecular formula is C25H36N4O. The van der Waals surface area contributed by atoms with Crippen molar-refractivity contribution in [2.45, 2.75) is 71.5 Å². The zero-order valence-corrected chi connectivity index (χ0v) is 19.0. The molecule has 1 fully saturated rings. The molecule has 2 aromatic rings. The van der Waals surface area contributed by atoms with Gasteiger partial charge in [-0.25, -0.2) is 0 Å². The first-order chi connectivity index (χ1) is 14.5. The van der Waals surface area contributed by atoms with Gasteiger partial charge in [-0.05, 0) is 68.7 Å². The molecule has 0 bridgehead atoms. The zero-order valence-electron chi connectivity index (χ0n) is 19.0. The fourth-order valence-electron chi connectivity index (χ4n) is 5.17. The average molecular weight is 409 g/mol. The van der Waals surface area contributed by atoms with Crippen LogP contribution in [0.5, 0.6) is 0 Å². The minimum atomic E-state index is 0.112. The van der Waals surface area contributed by atoms with Gasteiger partial charge in [0.05, 0.1) is 5.69 Å². The minimum absolute atomic E-state index is 0.112. The summed E-state index contributed by atoms with van der Waals surface area (Å²) in [6.07, 6.45) is 5.43. The molecule has 4 rings (SSSR count). The number of hydrogen-bond donors (Lipinski definition) is 0. The van der Waals surface area contributed by atoms with Crippen LogP contribution in [0, 0.1) is 5.92 Å². The van der Waals surface area contributed by atoms with Crippen molar-refractivity contribution in [3.05, 3.63) is 52.8 Å². The van der Waals surface area contributed by atoms with E-state index >= 15 is 0 Å². The van der Waals surface area contributed by atoms with Crippen molar-refractivity contribution in [1.29, 1.82) is 0 Å². The van der Waals surface area contributed by atoms with Crippen LogP contribution >= 0.6 is 0 Å². The second kappa shape index (κ2) is 8.93. The van der Waals surface area contributed by atoms with Crippen LogP contribution < -0.4 is 0 Å². The van der Waals surface area contributed by atoms with Crippen LogP contribution in [0.25, 0.3) is 0 Å². The summed E-state index contributed by atoms with van der Waals surface area (Å²) in [6.45, 7) is 9.28. The Kier molecular flexibility index (Phi) is 6.28. The molecule has 1 atom stereocenters. The van der Waals surface area contributed by atoms with E-state index in [0.717, 1.165) is 63.1 Å². The molecule has 0 N–H and O–H groups in total. The predicted molar refractivity (Wildman–Crippen MR) is 121 cm³/mol. The van der Waals surface area contributed by atoms with Crippen molar-refractivity contribution in [1.82, 2.24) is 19.6 Å². The zero-order chi connectivity index (χ0) is 21.3. The second-order valence-corrected chi connectivity index (χ2v) is 9.47. The third kappa shape index (κ3) is 4.31. The summed E-state index contributed by atoms with van der Waals surface area (Å²) >= 11 is 0. The maximum absolute atomic E-state index is 13.4. The molecule has 0 saturated carbocycles. The van der Waals surface area contributed by atoms with Crippen molar-refractivity contribution in [3.8, 4) is 0 Å². The van der Waals surface area contributed by atoms with E-state index in [9.17, 15) is 4.79 Å². The summed E-state index contributed by atoms with van der Waals surface area (Å²) in [5.74, 6) is 0.647. The van der Waals surface area contributed by atoms with Gasteiger partial charge in [-0.3, -0.25) is 14.4 Å². The number of nitrogens with zero attached hydrogens (tertiary/aromatic N) is 4. The Morgan fingerprint density at radius 1 is 1.23 bits per heavy atom. The largest absolute Gasteiger partial charge is 0.336 e. The molecule has 2 heterocycles. The maximum atomic E-state index is 13.4. The van der Waals surface area contributed by atoms with E-state index < -0.39 is 0 Å².